The quantitative estimate of drug-likeness (QED) is 0.862. The van der Waals surface area contributed by atoms with E-state index in [1.165, 1.54) is 0 Å². The summed E-state index contributed by atoms with van der Waals surface area (Å²) in [5.74, 6) is 1.47. The first-order chi connectivity index (χ1) is 9.66. The Kier molecular flexibility index (Phi) is 3.34. The van der Waals surface area contributed by atoms with E-state index >= 15 is 0 Å². The van der Waals surface area contributed by atoms with Crippen LogP contribution >= 0.6 is 0 Å². The molecule has 3 heterocycles. The summed E-state index contributed by atoms with van der Waals surface area (Å²) in [6, 6.07) is 5.50. The predicted octanol–water partition coefficient (Wildman–Crippen LogP) is 3.20. The van der Waals surface area contributed by atoms with Crippen molar-refractivity contribution in [1.29, 1.82) is 0 Å². The molecule has 1 aliphatic rings. The molecule has 0 bridgehead atoms. The zero-order valence-electron chi connectivity index (χ0n) is 11.7. The van der Waals surface area contributed by atoms with E-state index < -0.39 is 0 Å². The maximum atomic E-state index is 12.5. The second kappa shape index (κ2) is 5.15. The van der Waals surface area contributed by atoms with Crippen molar-refractivity contribution in [3.8, 4) is 11.5 Å². The van der Waals surface area contributed by atoms with Gasteiger partial charge in [0.05, 0.1) is 6.26 Å². The van der Waals surface area contributed by atoms with E-state index in [1.807, 2.05) is 4.90 Å². The summed E-state index contributed by atoms with van der Waals surface area (Å²) < 4.78 is 10.4. The van der Waals surface area contributed by atoms with Crippen molar-refractivity contribution < 1.29 is 13.7 Å². The highest BCUT2D eigenvalue weighted by molar-refractivity contribution is 5.93. The maximum absolute atomic E-state index is 12.5. The van der Waals surface area contributed by atoms with Crippen molar-refractivity contribution in [3.63, 3.8) is 0 Å². The van der Waals surface area contributed by atoms with Crippen molar-refractivity contribution in [1.82, 2.24) is 10.1 Å². The molecule has 20 heavy (non-hydrogen) atoms. The molecule has 0 aromatic carbocycles. The summed E-state index contributed by atoms with van der Waals surface area (Å²) in [6.45, 7) is 5.09. The Hall–Kier alpha value is -2.04. The van der Waals surface area contributed by atoms with Gasteiger partial charge in [0.2, 0.25) is 5.76 Å². The number of carbonyl (C=O) groups excluding carboxylic acids is 1. The van der Waals surface area contributed by atoms with Crippen LogP contribution in [0, 0.1) is 5.92 Å². The Balaban J connectivity index is 1.81. The van der Waals surface area contributed by atoms with Crippen LogP contribution in [-0.4, -0.2) is 28.6 Å². The van der Waals surface area contributed by atoms with Crippen LogP contribution in [0.4, 0.5) is 0 Å². The minimum atomic E-state index is -0.0530. The molecule has 1 atom stereocenters. The SMILES string of the molecule is CC(C)[C@@H]1CCCN1C(=O)c1cc(-c2ccco2)on1. The third-order valence-electron chi connectivity index (χ3n) is 3.82. The number of furan rings is 1. The van der Waals surface area contributed by atoms with Crippen LogP contribution < -0.4 is 0 Å². The molecule has 2 aromatic rings. The van der Waals surface area contributed by atoms with Crippen LogP contribution in [0.5, 0.6) is 0 Å². The molecule has 5 nitrogen and oxygen atoms in total. The second-order valence-corrected chi connectivity index (χ2v) is 5.51. The Morgan fingerprint density at radius 2 is 2.30 bits per heavy atom. The molecule has 1 saturated heterocycles. The van der Waals surface area contributed by atoms with Crippen LogP contribution in [0.1, 0.15) is 37.2 Å². The molecule has 0 N–H and O–H groups in total. The van der Waals surface area contributed by atoms with E-state index in [0.29, 0.717) is 29.2 Å². The third kappa shape index (κ3) is 2.24. The summed E-state index contributed by atoms with van der Waals surface area (Å²) in [6.07, 6.45) is 3.68. The highest BCUT2D eigenvalue weighted by atomic mass is 16.5. The number of nitrogens with zero attached hydrogens (tertiary/aromatic N) is 2. The van der Waals surface area contributed by atoms with Crippen molar-refractivity contribution in [2.75, 3.05) is 6.54 Å². The van der Waals surface area contributed by atoms with Gasteiger partial charge in [-0.3, -0.25) is 4.79 Å². The monoisotopic (exact) mass is 274 g/mol. The smallest absolute Gasteiger partial charge is 0.276 e. The largest absolute Gasteiger partial charge is 0.461 e. The fraction of sp³-hybridized carbons (Fsp3) is 0.467. The van der Waals surface area contributed by atoms with Crippen molar-refractivity contribution in [3.05, 3.63) is 30.2 Å². The van der Waals surface area contributed by atoms with Crippen LogP contribution in [0.3, 0.4) is 0 Å². The van der Waals surface area contributed by atoms with Gasteiger partial charge in [0.1, 0.15) is 0 Å². The topological polar surface area (TPSA) is 59.5 Å². The zero-order chi connectivity index (χ0) is 14.1. The molecule has 106 valence electrons. The number of hydrogen-bond donors (Lipinski definition) is 0. The summed E-state index contributed by atoms with van der Waals surface area (Å²) in [7, 11) is 0. The maximum Gasteiger partial charge on any atom is 0.276 e. The lowest BCUT2D eigenvalue weighted by Crippen LogP contribution is -2.38. The molecular weight excluding hydrogens is 256 g/mol. The molecule has 5 heteroatoms. The lowest BCUT2D eigenvalue weighted by atomic mass is 10.0. The van der Waals surface area contributed by atoms with E-state index in [9.17, 15) is 4.79 Å². The Bertz CT molecular complexity index is 586. The Morgan fingerprint density at radius 1 is 1.45 bits per heavy atom. The summed E-state index contributed by atoms with van der Waals surface area (Å²) >= 11 is 0. The normalized spacial score (nSPS) is 18.9. The zero-order valence-corrected chi connectivity index (χ0v) is 11.7. The number of aromatic nitrogens is 1. The first-order valence-electron chi connectivity index (χ1n) is 6.98. The van der Waals surface area contributed by atoms with Gasteiger partial charge in [-0.15, -0.1) is 0 Å². The molecule has 0 radical (unpaired) electrons. The van der Waals surface area contributed by atoms with E-state index in [0.717, 1.165) is 19.4 Å². The van der Waals surface area contributed by atoms with Crippen LogP contribution in [0.15, 0.2) is 33.4 Å². The van der Waals surface area contributed by atoms with Gasteiger partial charge < -0.3 is 13.8 Å². The fourth-order valence-electron chi connectivity index (χ4n) is 2.80. The Morgan fingerprint density at radius 3 is 3.00 bits per heavy atom. The van der Waals surface area contributed by atoms with Crippen LogP contribution in [0.2, 0.25) is 0 Å². The molecule has 1 amide bonds. The first kappa shape index (κ1) is 13.0. The number of hydrogen-bond acceptors (Lipinski definition) is 4. The van der Waals surface area contributed by atoms with E-state index in [-0.39, 0.29) is 5.91 Å². The second-order valence-electron chi connectivity index (χ2n) is 5.51. The van der Waals surface area contributed by atoms with Gasteiger partial charge in [-0.25, -0.2) is 0 Å². The van der Waals surface area contributed by atoms with Crippen molar-refractivity contribution in [2.45, 2.75) is 32.7 Å². The average Bonchev–Trinajstić information content (AvgIpc) is 3.17. The standard InChI is InChI=1S/C15H18N2O3/c1-10(2)12-5-3-7-17(12)15(18)11-9-14(20-16-11)13-6-4-8-19-13/h4,6,8-10,12H,3,5,7H2,1-2H3/t12-/m0/s1. The highest BCUT2D eigenvalue weighted by Gasteiger charge is 2.32. The number of carbonyl (C=O) groups is 1. The van der Waals surface area contributed by atoms with E-state index in [2.05, 4.69) is 19.0 Å². The molecule has 0 aliphatic carbocycles. The minimum Gasteiger partial charge on any atom is -0.461 e. The lowest BCUT2D eigenvalue weighted by Gasteiger charge is -2.26. The molecule has 2 aromatic heterocycles. The predicted molar refractivity (Wildman–Crippen MR) is 73.1 cm³/mol. The van der Waals surface area contributed by atoms with Gasteiger partial charge in [-0.1, -0.05) is 19.0 Å². The van der Waals surface area contributed by atoms with Gasteiger partial charge in [0, 0.05) is 18.7 Å². The molecule has 0 unspecified atom stereocenters. The Labute approximate surface area is 117 Å². The van der Waals surface area contributed by atoms with Crippen LogP contribution in [-0.2, 0) is 0 Å². The molecule has 0 spiro atoms. The average molecular weight is 274 g/mol. The van der Waals surface area contributed by atoms with Gasteiger partial charge in [0.25, 0.3) is 5.91 Å². The number of rotatable bonds is 3. The van der Waals surface area contributed by atoms with Gasteiger partial charge in [-0.05, 0) is 30.9 Å². The fourth-order valence-corrected chi connectivity index (χ4v) is 2.80. The van der Waals surface area contributed by atoms with Gasteiger partial charge in [0.15, 0.2) is 11.5 Å². The highest BCUT2D eigenvalue weighted by Crippen LogP contribution is 2.27. The van der Waals surface area contributed by atoms with Crippen molar-refractivity contribution in [2.24, 2.45) is 5.92 Å². The van der Waals surface area contributed by atoms with Crippen molar-refractivity contribution >= 4 is 5.91 Å². The molecule has 1 aliphatic heterocycles. The molecular formula is C15H18N2O3. The lowest BCUT2D eigenvalue weighted by molar-refractivity contribution is 0.0691. The number of amides is 1. The summed E-state index contributed by atoms with van der Waals surface area (Å²) in [5, 5.41) is 3.88. The van der Waals surface area contributed by atoms with Crippen LogP contribution in [0.25, 0.3) is 11.5 Å². The molecule has 3 rings (SSSR count). The molecule has 1 fully saturated rings. The van der Waals surface area contributed by atoms with E-state index in [4.69, 9.17) is 8.94 Å². The summed E-state index contributed by atoms with van der Waals surface area (Å²) in [5.41, 5.74) is 0.351. The first-order valence-corrected chi connectivity index (χ1v) is 6.98. The summed E-state index contributed by atoms with van der Waals surface area (Å²) in [4.78, 5) is 14.4. The third-order valence-corrected chi connectivity index (χ3v) is 3.82. The van der Waals surface area contributed by atoms with E-state index in [1.54, 1.807) is 24.5 Å². The van der Waals surface area contributed by atoms with Gasteiger partial charge in [-0.2, -0.15) is 0 Å². The molecule has 0 saturated carbocycles. The minimum absolute atomic E-state index is 0.0530. The van der Waals surface area contributed by atoms with Gasteiger partial charge >= 0.3 is 0 Å². The number of likely N-dealkylation sites (tertiary alicyclic amines) is 1.